The van der Waals surface area contributed by atoms with Gasteiger partial charge in [-0.2, -0.15) is 4.98 Å². The fourth-order valence-electron chi connectivity index (χ4n) is 2.08. The summed E-state index contributed by atoms with van der Waals surface area (Å²) in [6.07, 6.45) is 1.68. The van der Waals surface area contributed by atoms with Gasteiger partial charge in [-0.3, -0.25) is 0 Å². The van der Waals surface area contributed by atoms with Gasteiger partial charge in [0.05, 0.1) is 23.4 Å². The normalized spacial score (nSPS) is 10.3. The maximum atomic E-state index is 11.6. The van der Waals surface area contributed by atoms with E-state index in [1.807, 2.05) is 18.7 Å². The SMILES string of the molecule is CCN(CC)c1nccc(Nc2cc(C(=O)OC)ccc2Cl)n1. The number of rotatable bonds is 6. The molecule has 0 aliphatic rings. The number of methoxy groups -OCH3 is 1. The van der Waals surface area contributed by atoms with Crippen LogP contribution in [0.5, 0.6) is 0 Å². The highest BCUT2D eigenvalue weighted by Gasteiger charge is 2.11. The van der Waals surface area contributed by atoms with Crippen molar-refractivity contribution in [3.8, 4) is 0 Å². The van der Waals surface area contributed by atoms with Gasteiger partial charge in [0, 0.05) is 19.3 Å². The van der Waals surface area contributed by atoms with Crippen LogP contribution < -0.4 is 10.2 Å². The average molecular weight is 335 g/mol. The number of hydrogen-bond donors (Lipinski definition) is 1. The zero-order valence-corrected chi connectivity index (χ0v) is 14.1. The van der Waals surface area contributed by atoms with Gasteiger partial charge in [0.15, 0.2) is 0 Å². The summed E-state index contributed by atoms with van der Waals surface area (Å²) >= 11 is 6.18. The van der Waals surface area contributed by atoms with Crippen molar-refractivity contribution in [2.45, 2.75) is 13.8 Å². The van der Waals surface area contributed by atoms with E-state index in [9.17, 15) is 4.79 Å². The summed E-state index contributed by atoms with van der Waals surface area (Å²) in [7, 11) is 1.34. The first-order valence-corrected chi connectivity index (χ1v) is 7.69. The number of esters is 1. The van der Waals surface area contributed by atoms with Crippen LogP contribution in [0.15, 0.2) is 30.5 Å². The van der Waals surface area contributed by atoms with Crippen LogP contribution in [-0.2, 0) is 4.74 Å². The summed E-state index contributed by atoms with van der Waals surface area (Å²) in [6.45, 7) is 5.73. The van der Waals surface area contributed by atoms with Crippen molar-refractivity contribution in [1.82, 2.24) is 9.97 Å². The van der Waals surface area contributed by atoms with Gasteiger partial charge in [0.25, 0.3) is 0 Å². The van der Waals surface area contributed by atoms with E-state index in [0.717, 1.165) is 13.1 Å². The predicted molar refractivity (Wildman–Crippen MR) is 91.7 cm³/mol. The molecule has 23 heavy (non-hydrogen) atoms. The lowest BCUT2D eigenvalue weighted by atomic mass is 10.2. The molecular weight excluding hydrogens is 316 g/mol. The molecule has 0 aliphatic heterocycles. The van der Waals surface area contributed by atoms with Crippen molar-refractivity contribution in [3.63, 3.8) is 0 Å². The van der Waals surface area contributed by atoms with E-state index in [2.05, 4.69) is 15.3 Å². The number of carbonyl (C=O) groups excluding carboxylic acids is 1. The number of halogens is 1. The lowest BCUT2D eigenvalue weighted by Crippen LogP contribution is -2.24. The van der Waals surface area contributed by atoms with Crippen molar-refractivity contribution >= 4 is 35.0 Å². The molecule has 0 saturated heterocycles. The third kappa shape index (κ3) is 4.10. The van der Waals surface area contributed by atoms with Crippen LogP contribution in [0.1, 0.15) is 24.2 Å². The first-order chi connectivity index (χ1) is 11.1. The number of anilines is 3. The fraction of sp³-hybridized carbons (Fsp3) is 0.312. The van der Waals surface area contributed by atoms with Crippen molar-refractivity contribution in [1.29, 1.82) is 0 Å². The van der Waals surface area contributed by atoms with Gasteiger partial charge in [-0.05, 0) is 38.1 Å². The van der Waals surface area contributed by atoms with Gasteiger partial charge in [0.1, 0.15) is 5.82 Å². The Labute approximate surface area is 140 Å². The molecule has 1 heterocycles. The van der Waals surface area contributed by atoms with Crippen molar-refractivity contribution < 1.29 is 9.53 Å². The van der Waals surface area contributed by atoms with Crippen molar-refractivity contribution in [3.05, 3.63) is 41.0 Å². The van der Waals surface area contributed by atoms with Crippen LogP contribution in [0.4, 0.5) is 17.5 Å². The van der Waals surface area contributed by atoms with Crippen LogP contribution in [0, 0.1) is 0 Å². The minimum absolute atomic E-state index is 0.414. The molecule has 0 aliphatic carbocycles. The molecule has 2 aromatic rings. The van der Waals surface area contributed by atoms with Gasteiger partial charge in [-0.1, -0.05) is 11.6 Å². The highest BCUT2D eigenvalue weighted by molar-refractivity contribution is 6.33. The van der Waals surface area contributed by atoms with Gasteiger partial charge in [-0.25, -0.2) is 9.78 Å². The number of hydrogen-bond acceptors (Lipinski definition) is 6. The van der Waals surface area contributed by atoms with E-state index in [0.29, 0.717) is 28.0 Å². The average Bonchev–Trinajstić information content (AvgIpc) is 2.57. The highest BCUT2D eigenvalue weighted by Crippen LogP contribution is 2.26. The van der Waals surface area contributed by atoms with Crippen LogP contribution in [-0.4, -0.2) is 36.1 Å². The van der Waals surface area contributed by atoms with Crippen LogP contribution in [0.3, 0.4) is 0 Å². The molecule has 122 valence electrons. The van der Waals surface area contributed by atoms with Crippen LogP contribution in [0.2, 0.25) is 5.02 Å². The molecule has 0 atom stereocenters. The number of benzene rings is 1. The third-order valence-corrected chi connectivity index (χ3v) is 3.67. The Morgan fingerprint density at radius 2 is 2.04 bits per heavy atom. The first kappa shape index (κ1) is 17.0. The van der Waals surface area contributed by atoms with E-state index < -0.39 is 5.97 Å². The molecule has 0 amide bonds. The smallest absolute Gasteiger partial charge is 0.337 e. The Kier molecular flexibility index (Phi) is 5.76. The Morgan fingerprint density at radius 3 is 2.70 bits per heavy atom. The molecule has 7 heteroatoms. The number of nitrogens with zero attached hydrogens (tertiary/aromatic N) is 3. The molecular formula is C16H19ClN4O2. The molecule has 2 rings (SSSR count). The summed E-state index contributed by atoms with van der Waals surface area (Å²) in [5.41, 5.74) is 0.996. The second-order valence-corrected chi connectivity index (χ2v) is 5.13. The molecule has 1 N–H and O–H groups in total. The maximum absolute atomic E-state index is 11.6. The van der Waals surface area contributed by atoms with Gasteiger partial charge in [0.2, 0.25) is 5.95 Å². The predicted octanol–water partition coefficient (Wildman–Crippen LogP) is 3.51. The van der Waals surface area contributed by atoms with Crippen LogP contribution in [0.25, 0.3) is 0 Å². The van der Waals surface area contributed by atoms with Gasteiger partial charge < -0.3 is 15.0 Å². The molecule has 1 aromatic heterocycles. The molecule has 0 bridgehead atoms. The molecule has 0 radical (unpaired) electrons. The zero-order valence-electron chi connectivity index (χ0n) is 13.3. The topological polar surface area (TPSA) is 67.4 Å². The molecule has 0 saturated carbocycles. The quantitative estimate of drug-likeness (QED) is 0.815. The Bertz CT molecular complexity index is 690. The molecule has 0 unspecified atom stereocenters. The van der Waals surface area contributed by atoms with Gasteiger partial charge >= 0.3 is 5.97 Å². The standard InChI is InChI=1S/C16H19ClN4O2/c1-4-21(5-2)16-18-9-8-14(20-16)19-13-10-11(15(22)23-3)6-7-12(13)17/h6-10H,4-5H2,1-3H3,(H,18,19,20). The summed E-state index contributed by atoms with van der Waals surface area (Å²) in [6, 6.07) is 6.63. The van der Waals surface area contributed by atoms with Gasteiger partial charge in [-0.15, -0.1) is 0 Å². The zero-order chi connectivity index (χ0) is 16.8. The number of carbonyl (C=O) groups is 1. The number of ether oxygens (including phenoxy) is 1. The Balaban J connectivity index is 2.28. The second-order valence-electron chi connectivity index (χ2n) is 4.73. The Hall–Kier alpha value is -2.34. The summed E-state index contributed by atoms with van der Waals surface area (Å²) in [4.78, 5) is 22.4. The number of nitrogens with one attached hydrogen (secondary N) is 1. The van der Waals surface area contributed by atoms with Crippen LogP contribution >= 0.6 is 11.6 Å². The lowest BCUT2D eigenvalue weighted by Gasteiger charge is -2.19. The third-order valence-electron chi connectivity index (χ3n) is 3.34. The van der Waals surface area contributed by atoms with E-state index in [1.165, 1.54) is 7.11 Å². The minimum Gasteiger partial charge on any atom is -0.465 e. The van der Waals surface area contributed by atoms with Crippen molar-refractivity contribution in [2.75, 3.05) is 30.4 Å². The summed E-state index contributed by atoms with van der Waals surface area (Å²) < 4.78 is 4.72. The molecule has 1 aromatic carbocycles. The van der Waals surface area contributed by atoms with Crippen molar-refractivity contribution in [2.24, 2.45) is 0 Å². The lowest BCUT2D eigenvalue weighted by molar-refractivity contribution is 0.0601. The molecule has 0 fully saturated rings. The summed E-state index contributed by atoms with van der Waals surface area (Å²) in [5, 5.41) is 3.60. The summed E-state index contributed by atoms with van der Waals surface area (Å²) in [5.74, 6) is 0.822. The van der Waals surface area contributed by atoms with E-state index in [1.54, 1.807) is 30.5 Å². The van der Waals surface area contributed by atoms with E-state index in [4.69, 9.17) is 16.3 Å². The largest absolute Gasteiger partial charge is 0.465 e. The fourth-order valence-corrected chi connectivity index (χ4v) is 2.25. The highest BCUT2D eigenvalue weighted by atomic mass is 35.5. The van der Waals surface area contributed by atoms with E-state index in [-0.39, 0.29) is 0 Å². The van der Waals surface area contributed by atoms with E-state index >= 15 is 0 Å². The molecule has 6 nitrogen and oxygen atoms in total. The minimum atomic E-state index is -0.420. The number of aromatic nitrogens is 2. The second kappa shape index (κ2) is 7.78. The molecule has 0 spiro atoms. The maximum Gasteiger partial charge on any atom is 0.337 e. The monoisotopic (exact) mass is 334 g/mol. The first-order valence-electron chi connectivity index (χ1n) is 7.31. The Morgan fingerprint density at radius 1 is 1.30 bits per heavy atom.